The second-order valence-electron chi connectivity index (χ2n) is 5.81. The number of hydrogen-bond acceptors (Lipinski definition) is 4. The molecule has 11 heteroatoms. The molecule has 3 rings (SSSR count). The number of nitrogens with one attached hydrogen (secondary N) is 1. The monoisotopic (exact) mass is 475 g/mol. The number of hydrogen-bond donors (Lipinski definition) is 1. The Morgan fingerprint density at radius 3 is 2.55 bits per heavy atom. The van der Waals surface area contributed by atoms with E-state index in [1.165, 1.54) is 12.1 Å². The molecule has 1 aromatic carbocycles. The van der Waals surface area contributed by atoms with Gasteiger partial charge in [-0.15, -0.1) is 0 Å². The number of nitrogens with zero attached hydrogens (tertiary/aromatic N) is 2. The molecular formula is C18H14BrF4N3O3. The van der Waals surface area contributed by atoms with E-state index in [1.54, 1.807) is 10.9 Å². The molecule has 0 atom stereocenters. The second kappa shape index (κ2) is 8.68. The van der Waals surface area contributed by atoms with E-state index in [4.69, 9.17) is 9.15 Å². The lowest BCUT2D eigenvalue weighted by atomic mass is 10.3. The molecule has 0 aliphatic heterocycles. The summed E-state index contributed by atoms with van der Waals surface area (Å²) >= 11 is 3.34. The van der Waals surface area contributed by atoms with Crippen LogP contribution in [-0.2, 0) is 19.7 Å². The number of benzene rings is 1. The molecule has 1 amide bonds. The van der Waals surface area contributed by atoms with E-state index in [-0.39, 0.29) is 24.1 Å². The lowest BCUT2D eigenvalue weighted by molar-refractivity contribution is 0.0918. The van der Waals surface area contributed by atoms with Crippen LogP contribution in [0, 0.1) is 23.3 Å². The van der Waals surface area contributed by atoms with Gasteiger partial charge in [0.2, 0.25) is 11.6 Å². The van der Waals surface area contributed by atoms with Gasteiger partial charge in [-0.1, -0.05) is 0 Å². The van der Waals surface area contributed by atoms with Crippen LogP contribution in [0.25, 0.3) is 0 Å². The number of halogens is 5. The van der Waals surface area contributed by atoms with Crippen molar-refractivity contribution < 1.29 is 31.5 Å². The number of aryl methyl sites for hydroxylation is 1. The van der Waals surface area contributed by atoms with Gasteiger partial charge in [0.15, 0.2) is 23.1 Å². The number of furan rings is 1. The molecule has 0 spiro atoms. The summed E-state index contributed by atoms with van der Waals surface area (Å²) in [7, 11) is 0. The Kier molecular flexibility index (Phi) is 6.26. The van der Waals surface area contributed by atoms with Crippen LogP contribution in [-0.4, -0.2) is 15.7 Å². The third-order valence-electron chi connectivity index (χ3n) is 3.84. The van der Waals surface area contributed by atoms with Crippen molar-refractivity contribution in [3.63, 3.8) is 0 Å². The van der Waals surface area contributed by atoms with Crippen molar-refractivity contribution in [2.24, 2.45) is 0 Å². The molecular weight excluding hydrogens is 462 g/mol. The van der Waals surface area contributed by atoms with Gasteiger partial charge in [-0.3, -0.25) is 9.48 Å². The first-order valence-corrected chi connectivity index (χ1v) is 9.14. The van der Waals surface area contributed by atoms with Gasteiger partial charge in [-0.2, -0.15) is 13.9 Å². The van der Waals surface area contributed by atoms with Crippen molar-refractivity contribution in [2.75, 3.05) is 0 Å². The molecule has 1 N–H and O–H groups in total. The van der Waals surface area contributed by atoms with Gasteiger partial charge in [0.25, 0.3) is 5.91 Å². The van der Waals surface area contributed by atoms with Crippen molar-refractivity contribution in [3.8, 4) is 5.75 Å². The quantitative estimate of drug-likeness (QED) is 0.408. The summed E-state index contributed by atoms with van der Waals surface area (Å²) < 4.78 is 66.0. The Labute approximate surface area is 170 Å². The summed E-state index contributed by atoms with van der Waals surface area (Å²) in [6.07, 6.45) is 1.78. The SMILES string of the molecule is CCn1cc(Br)c(CNC(=O)c2ccc(COc3c(F)c(F)cc(F)c3F)o2)n1. The summed E-state index contributed by atoms with van der Waals surface area (Å²) in [5, 5.41) is 6.88. The molecule has 0 fully saturated rings. The van der Waals surface area contributed by atoms with Crippen molar-refractivity contribution in [3.05, 3.63) is 69.4 Å². The van der Waals surface area contributed by atoms with Crippen LogP contribution in [0.4, 0.5) is 17.6 Å². The van der Waals surface area contributed by atoms with Gasteiger partial charge in [0.1, 0.15) is 12.4 Å². The molecule has 29 heavy (non-hydrogen) atoms. The third-order valence-corrected chi connectivity index (χ3v) is 4.51. The van der Waals surface area contributed by atoms with Gasteiger partial charge in [-0.25, -0.2) is 8.78 Å². The maximum absolute atomic E-state index is 13.6. The molecule has 0 saturated carbocycles. The average Bonchev–Trinajstić information content (AvgIpc) is 3.31. The van der Waals surface area contributed by atoms with E-state index < -0.39 is 41.5 Å². The molecule has 6 nitrogen and oxygen atoms in total. The Morgan fingerprint density at radius 1 is 1.24 bits per heavy atom. The fraction of sp³-hybridized carbons (Fsp3) is 0.222. The largest absolute Gasteiger partial charge is 0.479 e. The molecule has 0 aliphatic rings. The van der Waals surface area contributed by atoms with Crippen LogP contribution in [0.1, 0.15) is 28.9 Å². The minimum atomic E-state index is -1.66. The van der Waals surface area contributed by atoms with Gasteiger partial charge >= 0.3 is 0 Å². The molecule has 154 valence electrons. The standard InChI is InChI=1S/C18H14BrF4N3O3/c1-2-26-7-10(19)13(25-26)6-24-18(27)14-4-3-9(29-14)8-28-17-15(22)11(20)5-12(21)16(17)23/h3-5,7H,2,6,8H2,1H3,(H,24,27). The average molecular weight is 476 g/mol. The Bertz CT molecular complexity index is 1030. The van der Waals surface area contributed by atoms with Gasteiger partial charge in [0, 0.05) is 18.8 Å². The van der Waals surface area contributed by atoms with Crippen molar-refractivity contribution >= 4 is 21.8 Å². The first-order valence-electron chi connectivity index (χ1n) is 8.34. The normalized spacial score (nSPS) is 11.0. The number of carbonyl (C=O) groups is 1. The number of ether oxygens (including phenoxy) is 1. The zero-order valence-electron chi connectivity index (χ0n) is 14.9. The van der Waals surface area contributed by atoms with Crippen molar-refractivity contribution in [1.29, 1.82) is 0 Å². The predicted octanol–water partition coefficient (Wildman–Crippen LogP) is 4.32. The highest BCUT2D eigenvalue weighted by Gasteiger charge is 2.21. The second-order valence-corrected chi connectivity index (χ2v) is 6.67. The maximum atomic E-state index is 13.6. The zero-order valence-corrected chi connectivity index (χ0v) is 16.5. The summed E-state index contributed by atoms with van der Waals surface area (Å²) in [6.45, 7) is 2.18. The molecule has 0 saturated heterocycles. The maximum Gasteiger partial charge on any atom is 0.287 e. The van der Waals surface area contributed by atoms with Crippen LogP contribution in [0.3, 0.4) is 0 Å². The highest BCUT2D eigenvalue weighted by Crippen LogP contribution is 2.27. The van der Waals surface area contributed by atoms with Crippen LogP contribution >= 0.6 is 15.9 Å². The van der Waals surface area contributed by atoms with Crippen molar-refractivity contribution in [2.45, 2.75) is 26.6 Å². The smallest absolute Gasteiger partial charge is 0.287 e. The fourth-order valence-corrected chi connectivity index (χ4v) is 2.82. The first-order chi connectivity index (χ1) is 13.8. The summed E-state index contributed by atoms with van der Waals surface area (Å²) in [5.74, 6) is -8.32. The van der Waals surface area contributed by atoms with E-state index in [2.05, 4.69) is 26.3 Å². The topological polar surface area (TPSA) is 69.3 Å². The van der Waals surface area contributed by atoms with Crippen LogP contribution < -0.4 is 10.1 Å². The highest BCUT2D eigenvalue weighted by molar-refractivity contribution is 9.10. The van der Waals surface area contributed by atoms with Crippen LogP contribution in [0.5, 0.6) is 5.75 Å². The third kappa shape index (κ3) is 4.61. The summed E-state index contributed by atoms with van der Waals surface area (Å²) in [4.78, 5) is 12.2. The highest BCUT2D eigenvalue weighted by atomic mass is 79.9. The molecule has 0 unspecified atom stereocenters. The molecule has 2 heterocycles. The molecule has 3 aromatic rings. The first kappa shape index (κ1) is 20.9. The van der Waals surface area contributed by atoms with Gasteiger partial charge in [-0.05, 0) is 35.0 Å². The molecule has 0 aliphatic carbocycles. The molecule has 0 bridgehead atoms. The fourth-order valence-electron chi connectivity index (χ4n) is 2.37. The number of rotatable bonds is 7. The van der Waals surface area contributed by atoms with E-state index in [0.717, 1.165) is 4.47 Å². The van der Waals surface area contributed by atoms with E-state index in [1.807, 2.05) is 6.92 Å². The lowest BCUT2D eigenvalue weighted by Gasteiger charge is -2.08. The van der Waals surface area contributed by atoms with Crippen molar-refractivity contribution in [1.82, 2.24) is 15.1 Å². The van der Waals surface area contributed by atoms with E-state index in [0.29, 0.717) is 12.2 Å². The van der Waals surface area contributed by atoms with Gasteiger partial charge in [0.05, 0.1) is 16.7 Å². The number of amides is 1. The van der Waals surface area contributed by atoms with Crippen LogP contribution in [0.2, 0.25) is 0 Å². The lowest BCUT2D eigenvalue weighted by Crippen LogP contribution is -2.22. The summed E-state index contributed by atoms with van der Waals surface area (Å²) in [5.41, 5.74) is 0.620. The number of aromatic nitrogens is 2. The van der Waals surface area contributed by atoms with E-state index in [9.17, 15) is 22.4 Å². The minimum absolute atomic E-state index is 0.0232. The minimum Gasteiger partial charge on any atom is -0.479 e. The molecule has 0 radical (unpaired) electrons. The Morgan fingerprint density at radius 2 is 1.93 bits per heavy atom. The van der Waals surface area contributed by atoms with Crippen LogP contribution in [0.15, 0.2) is 33.3 Å². The summed E-state index contributed by atoms with van der Waals surface area (Å²) in [6, 6.07) is 2.74. The number of carbonyl (C=O) groups excluding carboxylic acids is 1. The van der Waals surface area contributed by atoms with Gasteiger partial charge < -0.3 is 14.5 Å². The van der Waals surface area contributed by atoms with E-state index >= 15 is 0 Å². The zero-order chi connectivity index (χ0) is 21.1. The Balaban J connectivity index is 1.62. The molecule has 2 aromatic heterocycles. The predicted molar refractivity (Wildman–Crippen MR) is 96.1 cm³/mol. The Hall–Kier alpha value is -2.82.